The number of carboxylic acids is 1. The molecule has 1 aromatic rings. The number of primary amides is 1. The van der Waals surface area contributed by atoms with Crippen LogP contribution in [0.25, 0.3) is 0 Å². The normalized spacial score (nSPS) is 12.1. The van der Waals surface area contributed by atoms with E-state index in [1.54, 1.807) is 26.0 Å². The minimum absolute atomic E-state index is 0.227. The fraction of sp³-hybridized carbons (Fsp3) is 0.333. The maximum Gasteiger partial charge on any atom is 0.335 e. The summed E-state index contributed by atoms with van der Waals surface area (Å²) >= 11 is 1.43. The van der Waals surface area contributed by atoms with Crippen molar-refractivity contribution in [2.45, 2.75) is 18.7 Å². The molecule has 0 radical (unpaired) electrons. The topological polar surface area (TPSA) is 80.4 Å². The van der Waals surface area contributed by atoms with Gasteiger partial charge in [0.25, 0.3) is 0 Å². The molecule has 0 aromatic heterocycles. The number of rotatable bonds is 5. The van der Waals surface area contributed by atoms with Crippen LogP contribution in [0.5, 0.6) is 0 Å². The Labute approximate surface area is 104 Å². The summed E-state index contributed by atoms with van der Waals surface area (Å²) in [6, 6.07) is 5.23. The maximum atomic E-state index is 10.9. The first-order valence-electron chi connectivity index (χ1n) is 5.18. The van der Waals surface area contributed by atoms with Gasteiger partial charge in [-0.1, -0.05) is 13.0 Å². The second kappa shape index (κ2) is 5.72. The number of nitrogens with two attached hydrogens (primary N) is 1. The number of aromatic carboxylic acids is 1. The molecule has 0 aliphatic carbocycles. The fourth-order valence-corrected chi connectivity index (χ4v) is 2.20. The van der Waals surface area contributed by atoms with E-state index in [2.05, 4.69) is 0 Å². The van der Waals surface area contributed by atoms with E-state index in [-0.39, 0.29) is 11.8 Å². The monoisotopic (exact) mass is 253 g/mol. The number of carbonyl (C=O) groups excluding carboxylic acids is 1. The standard InChI is InChI=1S/C12H15NO3S/c1-7-3-4-9(5-10(7)12(15)16)17-6-8(2)11(13)14/h3-5,8H,6H2,1-2H3,(H2,13,14)(H,15,16). The highest BCUT2D eigenvalue weighted by Gasteiger charge is 2.11. The minimum atomic E-state index is -0.937. The van der Waals surface area contributed by atoms with Crippen molar-refractivity contribution in [3.8, 4) is 0 Å². The lowest BCUT2D eigenvalue weighted by molar-refractivity contribution is -0.120. The van der Waals surface area contributed by atoms with Crippen LogP contribution in [-0.2, 0) is 4.79 Å². The van der Waals surface area contributed by atoms with Crippen molar-refractivity contribution in [1.29, 1.82) is 0 Å². The molecule has 1 rings (SSSR count). The average molecular weight is 253 g/mol. The number of hydrogen-bond donors (Lipinski definition) is 2. The Morgan fingerprint density at radius 2 is 2.12 bits per heavy atom. The number of amides is 1. The van der Waals surface area contributed by atoms with E-state index in [4.69, 9.17) is 10.8 Å². The number of thioether (sulfide) groups is 1. The van der Waals surface area contributed by atoms with Crippen molar-refractivity contribution in [1.82, 2.24) is 0 Å². The molecule has 5 heteroatoms. The van der Waals surface area contributed by atoms with Gasteiger partial charge in [0.05, 0.1) is 5.56 Å². The lowest BCUT2D eigenvalue weighted by atomic mass is 10.1. The van der Waals surface area contributed by atoms with E-state index in [0.29, 0.717) is 11.3 Å². The van der Waals surface area contributed by atoms with Crippen LogP contribution in [0.3, 0.4) is 0 Å². The van der Waals surface area contributed by atoms with E-state index < -0.39 is 5.97 Å². The highest BCUT2D eigenvalue weighted by atomic mass is 32.2. The first-order chi connectivity index (χ1) is 7.91. The molecule has 1 aromatic carbocycles. The first kappa shape index (κ1) is 13.6. The van der Waals surface area contributed by atoms with Gasteiger partial charge in [0, 0.05) is 16.6 Å². The molecular formula is C12H15NO3S. The number of aryl methyl sites for hydroxylation is 1. The molecule has 0 saturated carbocycles. The molecule has 0 spiro atoms. The number of carboxylic acid groups (broad SMARTS) is 1. The van der Waals surface area contributed by atoms with E-state index in [1.165, 1.54) is 11.8 Å². The molecule has 0 fully saturated rings. The number of carbonyl (C=O) groups is 2. The van der Waals surface area contributed by atoms with E-state index in [0.717, 1.165) is 10.5 Å². The summed E-state index contributed by atoms with van der Waals surface area (Å²) in [5.41, 5.74) is 6.18. The second-order valence-corrected chi connectivity index (χ2v) is 4.99. The van der Waals surface area contributed by atoms with Crippen molar-refractivity contribution in [3.05, 3.63) is 29.3 Å². The summed E-state index contributed by atoms with van der Waals surface area (Å²) in [7, 11) is 0. The van der Waals surface area contributed by atoms with Crippen molar-refractivity contribution in [2.75, 3.05) is 5.75 Å². The maximum absolute atomic E-state index is 10.9. The Hall–Kier alpha value is -1.49. The molecule has 0 saturated heterocycles. The molecule has 1 amide bonds. The Kier molecular flexibility index (Phi) is 4.57. The summed E-state index contributed by atoms with van der Waals surface area (Å²) in [6.45, 7) is 3.51. The van der Waals surface area contributed by atoms with Gasteiger partial charge in [-0.3, -0.25) is 4.79 Å². The van der Waals surface area contributed by atoms with Gasteiger partial charge in [0.1, 0.15) is 0 Å². The zero-order chi connectivity index (χ0) is 13.0. The van der Waals surface area contributed by atoms with Crippen LogP contribution in [-0.4, -0.2) is 22.7 Å². The van der Waals surface area contributed by atoms with E-state index in [1.807, 2.05) is 6.07 Å². The van der Waals surface area contributed by atoms with Gasteiger partial charge in [-0.2, -0.15) is 0 Å². The molecule has 0 heterocycles. The third kappa shape index (κ3) is 3.78. The molecule has 1 atom stereocenters. The predicted octanol–water partition coefficient (Wildman–Crippen LogP) is 1.91. The van der Waals surface area contributed by atoms with Gasteiger partial charge in [0.15, 0.2) is 0 Å². The molecule has 1 unspecified atom stereocenters. The molecule has 92 valence electrons. The zero-order valence-corrected chi connectivity index (χ0v) is 10.6. The largest absolute Gasteiger partial charge is 0.478 e. The summed E-state index contributed by atoms with van der Waals surface area (Å²) in [5, 5.41) is 8.97. The predicted molar refractivity (Wildman–Crippen MR) is 67.2 cm³/mol. The summed E-state index contributed by atoms with van der Waals surface area (Å²) < 4.78 is 0. The Bertz CT molecular complexity index is 445. The highest BCUT2D eigenvalue weighted by Crippen LogP contribution is 2.23. The molecule has 4 nitrogen and oxygen atoms in total. The Morgan fingerprint density at radius 3 is 2.65 bits per heavy atom. The molecule has 3 N–H and O–H groups in total. The van der Waals surface area contributed by atoms with Gasteiger partial charge in [0.2, 0.25) is 5.91 Å². The smallest absolute Gasteiger partial charge is 0.335 e. The van der Waals surface area contributed by atoms with Crippen molar-refractivity contribution in [2.24, 2.45) is 11.7 Å². The zero-order valence-electron chi connectivity index (χ0n) is 9.77. The third-order valence-corrected chi connectivity index (χ3v) is 3.68. The van der Waals surface area contributed by atoms with Crippen molar-refractivity contribution in [3.63, 3.8) is 0 Å². The molecule has 0 bridgehead atoms. The van der Waals surface area contributed by atoms with Gasteiger partial charge < -0.3 is 10.8 Å². The van der Waals surface area contributed by atoms with Crippen LogP contribution in [0.4, 0.5) is 0 Å². The lowest BCUT2D eigenvalue weighted by Gasteiger charge is -2.08. The fourth-order valence-electron chi connectivity index (χ4n) is 1.22. The highest BCUT2D eigenvalue weighted by molar-refractivity contribution is 7.99. The van der Waals surface area contributed by atoms with Crippen LogP contribution >= 0.6 is 11.8 Å². The van der Waals surface area contributed by atoms with Crippen molar-refractivity contribution < 1.29 is 14.7 Å². The first-order valence-corrected chi connectivity index (χ1v) is 6.16. The van der Waals surface area contributed by atoms with Crippen LogP contribution in [0.15, 0.2) is 23.1 Å². The Balaban J connectivity index is 2.76. The summed E-state index contributed by atoms with van der Waals surface area (Å²) in [6.07, 6.45) is 0. The summed E-state index contributed by atoms with van der Waals surface area (Å²) in [4.78, 5) is 22.6. The molecular weight excluding hydrogens is 238 g/mol. The van der Waals surface area contributed by atoms with E-state index in [9.17, 15) is 9.59 Å². The van der Waals surface area contributed by atoms with Gasteiger partial charge >= 0.3 is 5.97 Å². The Morgan fingerprint density at radius 1 is 1.47 bits per heavy atom. The minimum Gasteiger partial charge on any atom is -0.478 e. The van der Waals surface area contributed by atoms with Gasteiger partial charge in [-0.25, -0.2) is 4.79 Å². The van der Waals surface area contributed by atoms with E-state index >= 15 is 0 Å². The van der Waals surface area contributed by atoms with Crippen LogP contribution in [0, 0.1) is 12.8 Å². The molecule has 0 aliphatic heterocycles. The quantitative estimate of drug-likeness (QED) is 0.785. The SMILES string of the molecule is Cc1ccc(SCC(C)C(N)=O)cc1C(=O)O. The van der Waals surface area contributed by atoms with Gasteiger partial charge in [-0.05, 0) is 24.6 Å². The van der Waals surface area contributed by atoms with Gasteiger partial charge in [-0.15, -0.1) is 11.8 Å². The van der Waals surface area contributed by atoms with Crippen LogP contribution < -0.4 is 5.73 Å². The third-order valence-electron chi connectivity index (χ3n) is 2.43. The summed E-state index contributed by atoms with van der Waals surface area (Å²) in [5.74, 6) is -0.956. The number of hydrogen-bond acceptors (Lipinski definition) is 3. The lowest BCUT2D eigenvalue weighted by Crippen LogP contribution is -2.22. The molecule has 17 heavy (non-hydrogen) atoms. The van der Waals surface area contributed by atoms with Crippen molar-refractivity contribution >= 4 is 23.6 Å². The van der Waals surface area contributed by atoms with Crippen LogP contribution in [0.1, 0.15) is 22.8 Å². The second-order valence-electron chi connectivity index (χ2n) is 3.90. The number of benzene rings is 1. The molecule has 0 aliphatic rings. The van der Waals surface area contributed by atoms with Crippen LogP contribution in [0.2, 0.25) is 0 Å². The average Bonchev–Trinajstić information content (AvgIpc) is 2.26.